The number of likely N-dealkylation sites (tertiary alicyclic amines) is 1. The third-order valence-corrected chi connectivity index (χ3v) is 5.20. The Hall–Kier alpha value is -2.31. The molecule has 2 atom stereocenters. The van der Waals surface area contributed by atoms with E-state index in [0.717, 1.165) is 13.1 Å². The number of esters is 1. The van der Waals surface area contributed by atoms with Gasteiger partial charge in [0.1, 0.15) is 13.2 Å². The second kappa shape index (κ2) is 5.40. The van der Waals surface area contributed by atoms with Crippen LogP contribution in [0.2, 0.25) is 0 Å². The molecule has 0 N–H and O–H groups in total. The molecule has 0 radical (unpaired) electrons. The Bertz CT molecular complexity index is 807. The molecule has 0 bridgehead atoms. The quantitative estimate of drug-likeness (QED) is 0.642. The van der Waals surface area contributed by atoms with E-state index >= 15 is 0 Å². The number of piperidine rings is 1. The van der Waals surface area contributed by atoms with Crippen LogP contribution in [-0.4, -0.2) is 30.7 Å². The van der Waals surface area contributed by atoms with Crippen molar-refractivity contribution in [3.8, 4) is 12.3 Å². The zero-order valence-electron chi connectivity index (χ0n) is 13.0. The first kappa shape index (κ1) is 14.3. The van der Waals surface area contributed by atoms with Gasteiger partial charge in [0.15, 0.2) is 0 Å². The van der Waals surface area contributed by atoms with E-state index in [1.165, 1.54) is 22.8 Å². The molecule has 1 aliphatic heterocycles. The predicted molar refractivity (Wildman–Crippen MR) is 89.7 cm³/mol. The van der Waals surface area contributed by atoms with Crippen LogP contribution in [0.15, 0.2) is 42.5 Å². The Balaban J connectivity index is 1.47. The molecule has 2 aromatic rings. The van der Waals surface area contributed by atoms with E-state index in [1.807, 2.05) is 0 Å². The van der Waals surface area contributed by atoms with E-state index in [-0.39, 0.29) is 17.8 Å². The van der Waals surface area contributed by atoms with Gasteiger partial charge in [-0.25, -0.2) is 0 Å². The minimum atomic E-state index is -0.312. The fraction of sp³-hybridized carbons (Fsp3) is 0.350. The van der Waals surface area contributed by atoms with Crippen LogP contribution in [0, 0.1) is 18.3 Å². The molecule has 1 saturated carbocycles. The second-order valence-electron chi connectivity index (χ2n) is 6.66. The van der Waals surface area contributed by atoms with Crippen molar-refractivity contribution in [2.45, 2.75) is 18.3 Å². The summed E-state index contributed by atoms with van der Waals surface area (Å²) in [5.74, 6) is 2.68. The third kappa shape index (κ3) is 2.50. The van der Waals surface area contributed by atoms with Gasteiger partial charge < -0.3 is 4.74 Å². The number of rotatable bonds is 4. The van der Waals surface area contributed by atoms with E-state index in [0.29, 0.717) is 12.6 Å². The average Bonchev–Trinajstić information content (AvgIpc) is 3.15. The lowest BCUT2D eigenvalue weighted by Crippen LogP contribution is -2.30. The molecule has 1 saturated heterocycles. The molecule has 1 heterocycles. The molecule has 3 heteroatoms. The number of hydrogen-bond donors (Lipinski definition) is 0. The highest BCUT2D eigenvalue weighted by molar-refractivity contribution is 5.83. The molecule has 23 heavy (non-hydrogen) atoms. The standard InChI is InChI=1S/C20H19NO2/c1-2-5-19(22)23-14-21-12-18-11-20(18,13-21)17-9-8-15-6-3-4-7-16(15)10-17/h1,3-4,6-10,18H,5,11-14H2/t18-,20+/m1/s1. The van der Waals surface area contributed by atoms with Gasteiger partial charge in [-0.05, 0) is 28.7 Å². The summed E-state index contributed by atoms with van der Waals surface area (Å²) in [6.45, 7) is 2.31. The molecule has 1 aliphatic carbocycles. The molecule has 0 unspecified atom stereocenters. The largest absolute Gasteiger partial charge is 0.449 e. The van der Waals surface area contributed by atoms with Crippen molar-refractivity contribution in [2.24, 2.45) is 5.92 Å². The topological polar surface area (TPSA) is 29.5 Å². The van der Waals surface area contributed by atoms with Gasteiger partial charge in [-0.15, -0.1) is 6.42 Å². The van der Waals surface area contributed by atoms with Gasteiger partial charge in [0.05, 0.1) is 0 Å². The van der Waals surface area contributed by atoms with E-state index in [4.69, 9.17) is 11.2 Å². The Morgan fingerprint density at radius 3 is 2.96 bits per heavy atom. The Morgan fingerprint density at radius 1 is 1.30 bits per heavy atom. The minimum absolute atomic E-state index is 0.0487. The van der Waals surface area contributed by atoms with Crippen LogP contribution in [0.5, 0.6) is 0 Å². The molecule has 0 amide bonds. The van der Waals surface area contributed by atoms with Gasteiger partial charge in [0.25, 0.3) is 0 Å². The van der Waals surface area contributed by atoms with Gasteiger partial charge in [0, 0.05) is 18.5 Å². The number of hydrogen-bond acceptors (Lipinski definition) is 3. The lowest BCUT2D eigenvalue weighted by atomic mass is 9.93. The zero-order chi connectivity index (χ0) is 15.9. The average molecular weight is 305 g/mol. The normalized spacial score (nSPS) is 25.8. The lowest BCUT2D eigenvalue weighted by Gasteiger charge is -2.20. The van der Waals surface area contributed by atoms with Crippen LogP contribution < -0.4 is 0 Å². The predicted octanol–water partition coefficient (Wildman–Crippen LogP) is 2.94. The van der Waals surface area contributed by atoms with Crippen molar-refractivity contribution in [3.05, 3.63) is 48.0 Å². The van der Waals surface area contributed by atoms with Crippen LogP contribution in [-0.2, 0) is 14.9 Å². The summed E-state index contributed by atoms with van der Waals surface area (Å²) >= 11 is 0. The maximum Gasteiger partial charge on any atom is 0.319 e. The summed E-state index contributed by atoms with van der Waals surface area (Å²) in [6, 6.07) is 15.3. The first-order chi connectivity index (χ1) is 11.2. The third-order valence-electron chi connectivity index (χ3n) is 5.20. The van der Waals surface area contributed by atoms with Crippen molar-refractivity contribution in [3.63, 3.8) is 0 Å². The molecule has 0 aromatic heterocycles. The number of carbonyl (C=O) groups is 1. The summed E-state index contributed by atoms with van der Waals surface area (Å²) in [4.78, 5) is 13.6. The summed E-state index contributed by atoms with van der Waals surface area (Å²) in [6.07, 6.45) is 6.41. The first-order valence-electron chi connectivity index (χ1n) is 8.02. The fourth-order valence-corrected chi connectivity index (χ4v) is 3.93. The van der Waals surface area contributed by atoms with Crippen LogP contribution in [0.4, 0.5) is 0 Å². The van der Waals surface area contributed by atoms with Gasteiger partial charge in [-0.1, -0.05) is 48.4 Å². The molecule has 116 valence electrons. The summed E-state index contributed by atoms with van der Waals surface area (Å²) in [5, 5.41) is 2.58. The second-order valence-corrected chi connectivity index (χ2v) is 6.66. The van der Waals surface area contributed by atoms with Crippen molar-refractivity contribution < 1.29 is 9.53 Å². The van der Waals surface area contributed by atoms with Crippen molar-refractivity contribution >= 4 is 16.7 Å². The van der Waals surface area contributed by atoms with E-state index in [9.17, 15) is 4.79 Å². The lowest BCUT2D eigenvalue weighted by molar-refractivity contribution is -0.147. The fourth-order valence-electron chi connectivity index (χ4n) is 3.93. The van der Waals surface area contributed by atoms with E-state index in [2.05, 4.69) is 53.3 Å². The highest BCUT2D eigenvalue weighted by Gasteiger charge is 2.60. The van der Waals surface area contributed by atoms with Gasteiger partial charge in [-0.3, -0.25) is 9.69 Å². The number of fused-ring (bicyclic) bond motifs is 2. The number of ether oxygens (including phenoxy) is 1. The number of nitrogens with zero attached hydrogens (tertiary/aromatic N) is 1. The summed E-state index contributed by atoms with van der Waals surface area (Å²) < 4.78 is 5.23. The molecule has 3 nitrogen and oxygen atoms in total. The van der Waals surface area contributed by atoms with Crippen molar-refractivity contribution in [1.29, 1.82) is 0 Å². The Labute approximate surface area is 136 Å². The first-order valence-corrected chi connectivity index (χ1v) is 8.02. The smallest absolute Gasteiger partial charge is 0.319 e. The van der Waals surface area contributed by atoms with Crippen LogP contribution in [0.25, 0.3) is 10.8 Å². The number of carbonyl (C=O) groups excluding carboxylic acids is 1. The molecule has 2 aliphatic rings. The number of terminal acetylenes is 1. The van der Waals surface area contributed by atoms with Crippen LogP contribution >= 0.6 is 0 Å². The van der Waals surface area contributed by atoms with Crippen LogP contribution in [0.3, 0.4) is 0 Å². The molecule has 4 rings (SSSR count). The summed E-state index contributed by atoms with van der Waals surface area (Å²) in [5.41, 5.74) is 1.67. The van der Waals surface area contributed by atoms with Gasteiger partial charge in [0.2, 0.25) is 0 Å². The molecule has 2 fully saturated rings. The maximum absolute atomic E-state index is 11.4. The summed E-state index contributed by atoms with van der Waals surface area (Å²) in [7, 11) is 0. The highest BCUT2D eigenvalue weighted by Crippen LogP contribution is 2.59. The minimum Gasteiger partial charge on any atom is -0.449 e. The molecular weight excluding hydrogens is 286 g/mol. The monoisotopic (exact) mass is 305 g/mol. The molecular formula is C20H19NO2. The van der Waals surface area contributed by atoms with Crippen molar-refractivity contribution in [1.82, 2.24) is 4.90 Å². The molecule has 0 spiro atoms. The van der Waals surface area contributed by atoms with E-state index in [1.54, 1.807) is 0 Å². The maximum atomic E-state index is 11.4. The Morgan fingerprint density at radius 2 is 2.13 bits per heavy atom. The van der Waals surface area contributed by atoms with E-state index < -0.39 is 0 Å². The number of benzene rings is 2. The van der Waals surface area contributed by atoms with Crippen molar-refractivity contribution in [2.75, 3.05) is 19.8 Å². The Kier molecular flexibility index (Phi) is 3.36. The SMILES string of the molecule is C#CCC(=O)OCN1C[C@H]2C[C@@]2(c2ccc3ccccc3c2)C1. The highest BCUT2D eigenvalue weighted by atomic mass is 16.5. The van der Waals surface area contributed by atoms with Crippen LogP contribution in [0.1, 0.15) is 18.4 Å². The van der Waals surface area contributed by atoms with Gasteiger partial charge in [-0.2, -0.15) is 0 Å². The molecule has 2 aromatic carbocycles. The zero-order valence-corrected chi connectivity index (χ0v) is 13.0. The van der Waals surface area contributed by atoms with Gasteiger partial charge >= 0.3 is 5.97 Å².